The average molecular weight is 231 g/mol. The number of aliphatic hydroxyl groups excluding tert-OH is 1. The number of hydrogen-bond donors (Lipinski definition) is 1. The number of rotatable bonds is 4. The second-order valence-corrected chi connectivity index (χ2v) is 4.17. The lowest BCUT2D eigenvalue weighted by molar-refractivity contribution is 0.219. The van der Waals surface area contributed by atoms with Crippen LogP contribution in [0.5, 0.6) is 0 Å². The molecule has 17 heavy (non-hydrogen) atoms. The average Bonchev–Trinajstić information content (AvgIpc) is 2.78. The molecule has 1 unspecified atom stereocenters. The summed E-state index contributed by atoms with van der Waals surface area (Å²) in [4.78, 5) is 4.05. The molecule has 1 N–H and O–H groups in total. The van der Waals surface area contributed by atoms with Gasteiger partial charge in [-0.2, -0.15) is 5.10 Å². The van der Waals surface area contributed by atoms with Gasteiger partial charge < -0.3 is 5.11 Å². The molecule has 0 bridgehead atoms. The summed E-state index contributed by atoms with van der Waals surface area (Å²) in [6.07, 6.45) is 7.43. The van der Waals surface area contributed by atoms with Crippen molar-refractivity contribution in [2.45, 2.75) is 32.9 Å². The smallest absolute Gasteiger partial charge is 0.109 e. The third kappa shape index (κ3) is 2.53. The minimum Gasteiger partial charge on any atom is -0.383 e. The Labute approximate surface area is 101 Å². The second-order valence-electron chi connectivity index (χ2n) is 4.17. The van der Waals surface area contributed by atoms with Crippen molar-refractivity contribution in [3.05, 3.63) is 47.5 Å². The van der Waals surface area contributed by atoms with Crippen LogP contribution in [0.4, 0.5) is 0 Å². The van der Waals surface area contributed by atoms with Gasteiger partial charge in [-0.1, -0.05) is 6.92 Å². The van der Waals surface area contributed by atoms with Crippen molar-refractivity contribution in [3.8, 4) is 0 Å². The molecule has 1 atom stereocenters. The predicted molar refractivity (Wildman–Crippen MR) is 65.6 cm³/mol. The van der Waals surface area contributed by atoms with Gasteiger partial charge in [-0.3, -0.25) is 9.67 Å². The molecule has 2 aromatic rings. The molecule has 0 radical (unpaired) electrons. The van der Waals surface area contributed by atoms with Crippen molar-refractivity contribution in [3.63, 3.8) is 0 Å². The quantitative estimate of drug-likeness (QED) is 0.876. The zero-order valence-electron chi connectivity index (χ0n) is 10.2. The summed E-state index contributed by atoms with van der Waals surface area (Å²) >= 11 is 0. The minimum absolute atomic E-state index is 0.644. The summed E-state index contributed by atoms with van der Waals surface area (Å²) < 4.78 is 1.85. The van der Waals surface area contributed by atoms with Gasteiger partial charge in [0.1, 0.15) is 6.10 Å². The molecule has 0 saturated heterocycles. The normalized spacial score (nSPS) is 12.6. The molecule has 0 amide bonds. The van der Waals surface area contributed by atoms with Gasteiger partial charge >= 0.3 is 0 Å². The first-order chi connectivity index (χ1) is 8.22. The Bertz CT molecular complexity index is 493. The van der Waals surface area contributed by atoms with E-state index in [4.69, 9.17) is 0 Å². The first kappa shape index (κ1) is 11.8. The first-order valence-electron chi connectivity index (χ1n) is 5.83. The second kappa shape index (κ2) is 5.10. The number of pyridine rings is 1. The van der Waals surface area contributed by atoms with E-state index >= 15 is 0 Å². The Kier molecular flexibility index (Phi) is 3.54. The van der Waals surface area contributed by atoms with Gasteiger partial charge in [0, 0.05) is 36.3 Å². The number of aliphatic hydroxyl groups is 1. The summed E-state index contributed by atoms with van der Waals surface area (Å²) in [7, 11) is 0. The summed E-state index contributed by atoms with van der Waals surface area (Å²) in [6, 6.07) is 1.90. The van der Waals surface area contributed by atoms with Crippen LogP contribution in [0.15, 0.2) is 30.9 Å². The molecule has 90 valence electrons. The third-order valence-electron chi connectivity index (χ3n) is 2.80. The van der Waals surface area contributed by atoms with Crippen LogP contribution in [0.2, 0.25) is 0 Å². The predicted octanol–water partition coefficient (Wildman–Crippen LogP) is 2.08. The van der Waals surface area contributed by atoms with Crippen LogP contribution in [-0.2, 0) is 6.54 Å². The van der Waals surface area contributed by atoms with E-state index in [0.717, 1.165) is 29.7 Å². The van der Waals surface area contributed by atoms with Crippen LogP contribution >= 0.6 is 0 Å². The summed E-state index contributed by atoms with van der Waals surface area (Å²) in [5, 5.41) is 14.5. The van der Waals surface area contributed by atoms with Gasteiger partial charge in [0.05, 0.1) is 6.20 Å². The molecule has 2 rings (SSSR count). The van der Waals surface area contributed by atoms with E-state index in [0.29, 0.717) is 0 Å². The van der Waals surface area contributed by atoms with Crippen LogP contribution in [0.3, 0.4) is 0 Å². The van der Waals surface area contributed by atoms with Crippen molar-refractivity contribution in [2.75, 3.05) is 0 Å². The van der Waals surface area contributed by atoms with E-state index in [2.05, 4.69) is 17.0 Å². The Morgan fingerprint density at radius 3 is 2.94 bits per heavy atom. The molecule has 2 aromatic heterocycles. The maximum atomic E-state index is 10.3. The zero-order valence-corrected chi connectivity index (χ0v) is 10.2. The van der Waals surface area contributed by atoms with E-state index in [1.54, 1.807) is 18.6 Å². The van der Waals surface area contributed by atoms with Crippen molar-refractivity contribution >= 4 is 0 Å². The van der Waals surface area contributed by atoms with Crippen molar-refractivity contribution in [2.24, 2.45) is 0 Å². The van der Waals surface area contributed by atoms with Gasteiger partial charge in [-0.25, -0.2) is 0 Å². The summed E-state index contributed by atoms with van der Waals surface area (Å²) in [6.45, 7) is 4.94. The monoisotopic (exact) mass is 231 g/mol. The molecule has 0 aliphatic rings. The molecule has 4 heteroatoms. The summed E-state index contributed by atoms with van der Waals surface area (Å²) in [5.74, 6) is 0. The van der Waals surface area contributed by atoms with Crippen molar-refractivity contribution in [1.29, 1.82) is 0 Å². The lowest BCUT2D eigenvalue weighted by Gasteiger charge is -2.10. The largest absolute Gasteiger partial charge is 0.383 e. The maximum absolute atomic E-state index is 10.3. The Morgan fingerprint density at radius 2 is 2.24 bits per heavy atom. The Balaban J connectivity index is 2.24. The van der Waals surface area contributed by atoms with Crippen LogP contribution in [-0.4, -0.2) is 19.9 Å². The van der Waals surface area contributed by atoms with Crippen LogP contribution in [0, 0.1) is 6.92 Å². The molecule has 4 nitrogen and oxygen atoms in total. The molecule has 0 aliphatic heterocycles. The number of hydrogen-bond acceptors (Lipinski definition) is 3. The first-order valence-corrected chi connectivity index (χ1v) is 5.83. The molecule has 0 fully saturated rings. The molecule has 0 saturated carbocycles. The molecule has 0 aromatic carbocycles. The lowest BCUT2D eigenvalue weighted by atomic mass is 10.0. The van der Waals surface area contributed by atoms with Gasteiger partial charge in [-0.05, 0) is 25.0 Å². The van der Waals surface area contributed by atoms with Gasteiger partial charge in [0.15, 0.2) is 0 Å². The summed E-state index contributed by atoms with van der Waals surface area (Å²) in [5.41, 5.74) is 2.69. The third-order valence-corrected chi connectivity index (χ3v) is 2.80. The Hall–Kier alpha value is -1.68. The van der Waals surface area contributed by atoms with E-state index in [-0.39, 0.29) is 0 Å². The van der Waals surface area contributed by atoms with Crippen molar-refractivity contribution in [1.82, 2.24) is 14.8 Å². The zero-order chi connectivity index (χ0) is 12.3. The highest BCUT2D eigenvalue weighted by molar-refractivity contribution is 5.30. The van der Waals surface area contributed by atoms with Crippen LogP contribution in [0.25, 0.3) is 0 Å². The minimum atomic E-state index is -0.644. The fraction of sp³-hybridized carbons (Fsp3) is 0.385. The van der Waals surface area contributed by atoms with E-state index in [1.165, 1.54) is 0 Å². The fourth-order valence-corrected chi connectivity index (χ4v) is 1.81. The highest BCUT2D eigenvalue weighted by Crippen LogP contribution is 2.23. The van der Waals surface area contributed by atoms with Crippen molar-refractivity contribution < 1.29 is 5.11 Å². The fourth-order valence-electron chi connectivity index (χ4n) is 1.81. The molecule has 0 spiro atoms. The Morgan fingerprint density at radius 1 is 1.41 bits per heavy atom. The van der Waals surface area contributed by atoms with Crippen LogP contribution in [0.1, 0.15) is 36.1 Å². The van der Waals surface area contributed by atoms with E-state index in [1.807, 2.05) is 23.9 Å². The lowest BCUT2D eigenvalue weighted by Crippen LogP contribution is -2.02. The highest BCUT2D eigenvalue weighted by atomic mass is 16.3. The molecular formula is C13H17N3O. The van der Waals surface area contributed by atoms with Gasteiger partial charge in [0.2, 0.25) is 0 Å². The molecule has 2 heterocycles. The molecular weight excluding hydrogens is 214 g/mol. The maximum Gasteiger partial charge on any atom is 0.109 e. The molecule has 0 aliphatic carbocycles. The van der Waals surface area contributed by atoms with Gasteiger partial charge in [-0.15, -0.1) is 0 Å². The van der Waals surface area contributed by atoms with Crippen LogP contribution < -0.4 is 0 Å². The standard InChI is InChI=1S/C13H17N3O/c1-3-6-16-9-11(7-15-16)13(17)12-8-14-5-4-10(12)2/h4-5,7-9,13,17H,3,6H2,1-2H3. The highest BCUT2D eigenvalue weighted by Gasteiger charge is 2.14. The topological polar surface area (TPSA) is 50.9 Å². The van der Waals surface area contributed by atoms with E-state index < -0.39 is 6.10 Å². The SMILES string of the molecule is CCCn1cc(C(O)c2cnccc2C)cn1. The van der Waals surface area contributed by atoms with E-state index in [9.17, 15) is 5.11 Å². The number of aromatic nitrogens is 3. The number of aryl methyl sites for hydroxylation is 2. The number of nitrogens with zero attached hydrogens (tertiary/aromatic N) is 3. The van der Waals surface area contributed by atoms with Gasteiger partial charge in [0.25, 0.3) is 0 Å².